The summed E-state index contributed by atoms with van der Waals surface area (Å²) in [7, 11) is -2.76. The third-order valence-corrected chi connectivity index (χ3v) is 6.81. The molecule has 12 heteroatoms. The van der Waals surface area contributed by atoms with Gasteiger partial charge in [0.25, 0.3) is 21.8 Å². The minimum atomic E-state index is -4.75. The van der Waals surface area contributed by atoms with Gasteiger partial charge in [0.2, 0.25) is 0 Å². The summed E-state index contributed by atoms with van der Waals surface area (Å²) in [6.45, 7) is -0.0861. The Morgan fingerprint density at radius 1 is 1.03 bits per heavy atom. The van der Waals surface area contributed by atoms with Gasteiger partial charge in [0.1, 0.15) is 7.05 Å². The Bertz CT molecular complexity index is 1440. The molecule has 0 fully saturated rings. The Balaban J connectivity index is 1.71. The highest BCUT2D eigenvalue weighted by molar-refractivity contribution is 7.92. The van der Waals surface area contributed by atoms with Gasteiger partial charge in [-0.05, 0) is 36.4 Å². The Hall–Kier alpha value is -3.44. The lowest BCUT2D eigenvalue weighted by molar-refractivity contribution is -0.672. The first-order chi connectivity index (χ1) is 15.9. The standard InChI is InChI=1S/C22H15ClF3N3O4S/c1-28-9-3-4-13(11-28)12-29-20(30)18-16(23)7-8-17(19(18)21(29)31)27-34(32,33)15-6-2-5-14(10-15)22(24,25)26/h2-11H,12H2,1H3/p+1. The van der Waals surface area contributed by atoms with Gasteiger partial charge in [-0.2, -0.15) is 13.2 Å². The lowest BCUT2D eigenvalue weighted by atomic mass is 10.1. The van der Waals surface area contributed by atoms with Gasteiger partial charge in [0, 0.05) is 11.6 Å². The third kappa shape index (κ3) is 4.36. The predicted octanol–water partition coefficient (Wildman–Crippen LogP) is 3.78. The second-order valence-electron chi connectivity index (χ2n) is 7.55. The van der Waals surface area contributed by atoms with E-state index in [1.807, 2.05) is 0 Å². The van der Waals surface area contributed by atoms with Crippen molar-refractivity contribution >= 4 is 39.1 Å². The normalized spacial score (nSPS) is 13.9. The van der Waals surface area contributed by atoms with E-state index in [1.54, 1.807) is 36.1 Å². The van der Waals surface area contributed by atoms with Crippen molar-refractivity contribution in [1.82, 2.24) is 4.90 Å². The molecule has 0 spiro atoms. The number of alkyl halides is 3. The summed E-state index contributed by atoms with van der Waals surface area (Å²) in [5.74, 6) is -1.49. The summed E-state index contributed by atoms with van der Waals surface area (Å²) in [6, 6.07) is 9.03. The molecule has 1 aliphatic heterocycles. The van der Waals surface area contributed by atoms with Crippen molar-refractivity contribution in [2.24, 2.45) is 7.05 Å². The van der Waals surface area contributed by atoms with Crippen molar-refractivity contribution in [1.29, 1.82) is 0 Å². The fourth-order valence-electron chi connectivity index (χ4n) is 3.57. The number of carbonyl (C=O) groups is 2. The van der Waals surface area contributed by atoms with E-state index >= 15 is 0 Å². The van der Waals surface area contributed by atoms with Crippen molar-refractivity contribution in [2.75, 3.05) is 4.72 Å². The summed E-state index contributed by atoms with van der Waals surface area (Å²) in [6.07, 6.45) is -1.27. The number of aryl methyl sites for hydroxylation is 1. The number of aromatic nitrogens is 1. The van der Waals surface area contributed by atoms with Crippen molar-refractivity contribution in [3.05, 3.63) is 88.2 Å². The molecule has 7 nitrogen and oxygen atoms in total. The minimum Gasteiger partial charge on any atom is -0.279 e. The molecule has 0 radical (unpaired) electrons. The molecule has 0 aliphatic carbocycles. The maximum atomic E-state index is 13.1. The number of amides is 2. The predicted molar refractivity (Wildman–Crippen MR) is 116 cm³/mol. The van der Waals surface area contributed by atoms with Crippen LogP contribution in [-0.4, -0.2) is 25.1 Å². The number of carbonyl (C=O) groups excluding carboxylic acids is 2. The molecule has 1 N–H and O–H groups in total. The molecule has 3 aromatic rings. The first-order valence-electron chi connectivity index (χ1n) is 9.71. The van der Waals surface area contributed by atoms with Gasteiger partial charge in [-0.15, -0.1) is 0 Å². The third-order valence-electron chi connectivity index (χ3n) is 5.13. The molecule has 4 rings (SSSR count). The van der Waals surface area contributed by atoms with Gasteiger partial charge < -0.3 is 0 Å². The number of sulfonamides is 1. The minimum absolute atomic E-state index is 0.0588. The fourth-order valence-corrected chi connectivity index (χ4v) is 4.92. The summed E-state index contributed by atoms with van der Waals surface area (Å²) in [4.78, 5) is 26.4. The largest absolute Gasteiger partial charge is 0.416 e. The summed E-state index contributed by atoms with van der Waals surface area (Å²) in [5, 5.41) is -0.0588. The van der Waals surface area contributed by atoms with E-state index in [-0.39, 0.29) is 28.4 Å². The van der Waals surface area contributed by atoms with Crippen LogP contribution in [0.1, 0.15) is 31.8 Å². The smallest absolute Gasteiger partial charge is 0.279 e. The van der Waals surface area contributed by atoms with Crippen LogP contribution in [0.4, 0.5) is 18.9 Å². The highest BCUT2D eigenvalue weighted by atomic mass is 35.5. The summed E-state index contributed by atoms with van der Waals surface area (Å²) in [5.41, 5.74) is -1.23. The van der Waals surface area contributed by atoms with Gasteiger partial charge in [0.15, 0.2) is 12.4 Å². The van der Waals surface area contributed by atoms with E-state index in [1.165, 1.54) is 12.1 Å². The van der Waals surface area contributed by atoms with Gasteiger partial charge in [-0.3, -0.25) is 19.2 Å². The van der Waals surface area contributed by atoms with E-state index in [4.69, 9.17) is 11.6 Å². The number of fused-ring (bicyclic) bond motifs is 1. The fraction of sp³-hybridized carbons (Fsp3) is 0.136. The number of benzene rings is 2. The molecular weight excluding hydrogens is 495 g/mol. The number of pyridine rings is 1. The Labute approximate surface area is 197 Å². The van der Waals surface area contributed by atoms with E-state index in [2.05, 4.69) is 4.72 Å². The van der Waals surface area contributed by atoms with Crippen LogP contribution in [0.25, 0.3) is 0 Å². The Kier molecular flexibility index (Phi) is 5.86. The van der Waals surface area contributed by atoms with Gasteiger partial charge in [-0.1, -0.05) is 17.7 Å². The maximum absolute atomic E-state index is 13.1. The number of halogens is 4. The van der Waals surface area contributed by atoms with Crippen molar-refractivity contribution < 1.29 is 35.7 Å². The second-order valence-corrected chi connectivity index (χ2v) is 9.64. The van der Waals surface area contributed by atoms with Gasteiger partial charge >= 0.3 is 6.18 Å². The zero-order valence-corrected chi connectivity index (χ0v) is 19.0. The molecule has 176 valence electrons. The molecule has 1 aliphatic rings. The van der Waals surface area contributed by atoms with Crippen LogP contribution >= 0.6 is 11.6 Å². The number of nitrogens with one attached hydrogen (secondary N) is 1. The molecule has 0 saturated heterocycles. The highest BCUT2D eigenvalue weighted by Gasteiger charge is 2.40. The van der Waals surface area contributed by atoms with E-state index in [0.717, 1.165) is 23.1 Å². The molecule has 2 heterocycles. The molecule has 2 aromatic carbocycles. The molecule has 0 unspecified atom stereocenters. The van der Waals surface area contributed by atoms with Crippen molar-refractivity contribution in [3.63, 3.8) is 0 Å². The number of anilines is 1. The Morgan fingerprint density at radius 3 is 2.41 bits per heavy atom. The van der Waals surface area contributed by atoms with Crippen LogP contribution in [0.5, 0.6) is 0 Å². The van der Waals surface area contributed by atoms with Crippen LogP contribution in [-0.2, 0) is 29.8 Å². The lowest BCUT2D eigenvalue weighted by Gasteiger charge is -2.14. The van der Waals surface area contributed by atoms with Crippen LogP contribution in [0, 0.1) is 0 Å². The summed E-state index contributed by atoms with van der Waals surface area (Å²) >= 11 is 6.15. The zero-order valence-electron chi connectivity index (χ0n) is 17.4. The average molecular weight is 511 g/mol. The number of hydrogen-bond acceptors (Lipinski definition) is 4. The maximum Gasteiger partial charge on any atom is 0.416 e. The first-order valence-corrected chi connectivity index (χ1v) is 11.6. The van der Waals surface area contributed by atoms with E-state index in [0.29, 0.717) is 11.6 Å². The van der Waals surface area contributed by atoms with Crippen LogP contribution in [0.3, 0.4) is 0 Å². The molecule has 1 aromatic heterocycles. The Morgan fingerprint density at radius 2 is 1.74 bits per heavy atom. The zero-order chi connectivity index (χ0) is 24.8. The second kappa shape index (κ2) is 8.41. The van der Waals surface area contributed by atoms with Crippen LogP contribution in [0.2, 0.25) is 5.02 Å². The molecular formula is C22H16ClF3N3O4S+. The van der Waals surface area contributed by atoms with Gasteiger partial charge in [0.05, 0.1) is 38.8 Å². The number of imide groups is 1. The van der Waals surface area contributed by atoms with Gasteiger partial charge in [-0.25, -0.2) is 13.0 Å². The van der Waals surface area contributed by atoms with Crippen LogP contribution < -0.4 is 9.29 Å². The topological polar surface area (TPSA) is 87.4 Å². The lowest BCUT2D eigenvalue weighted by Crippen LogP contribution is -2.32. The van der Waals surface area contributed by atoms with E-state index in [9.17, 15) is 31.2 Å². The first kappa shape index (κ1) is 23.7. The average Bonchev–Trinajstić information content (AvgIpc) is 3.01. The van der Waals surface area contributed by atoms with Crippen molar-refractivity contribution in [3.8, 4) is 0 Å². The molecule has 0 atom stereocenters. The molecule has 2 amide bonds. The number of rotatable bonds is 5. The monoisotopic (exact) mass is 510 g/mol. The molecule has 0 bridgehead atoms. The highest BCUT2D eigenvalue weighted by Crippen LogP contribution is 2.37. The molecule has 0 saturated carbocycles. The quantitative estimate of drug-likeness (QED) is 0.418. The van der Waals surface area contributed by atoms with E-state index < -0.39 is 38.5 Å². The number of nitrogens with zero attached hydrogens (tertiary/aromatic N) is 2. The number of hydrogen-bond donors (Lipinski definition) is 1. The molecule has 34 heavy (non-hydrogen) atoms. The SMILES string of the molecule is C[n+]1cccc(CN2C(=O)c3c(Cl)ccc(NS(=O)(=O)c4cccc(C(F)(F)F)c4)c3C2=O)c1. The van der Waals surface area contributed by atoms with Crippen LogP contribution in [0.15, 0.2) is 65.8 Å². The van der Waals surface area contributed by atoms with Crippen molar-refractivity contribution in [2.45, 2.75) is 17.6 Å². The summed E-state index contributed by atoms with van der Waals surface area (Å²) < 4.78 is 68.6.